The number of aliphatic carboxylic acids is 2. The fourth-order valence-corrected chi connectivity index (χ4v) is 1.96. The normalized spacial score (nSPS) is 12.0. The van der Waals surface area contributed by atoms with Gasteiger partial charge in [-0.2, -0.15) is 0 Å². The predicted molar refractivity (Wildman–Crippen MR) is 134 cm³/mol. The molecule has 0 radical (unpaired) electrons. The average molecular weight is 559 g/mol. The zero-order valence-corrected chi connectivity index (χ0v) is 24.5. The molecule has 12 nitrogen and oxygen atoms in total. The molecule has 37 heavy (non-hydrogen) atoms. The van der Waals surface area contributed by atoms with E-state index in [-0.39, 0.29) is 89.7 Å². The van der Waals surface area contributed by atoms with Crippen molar-refractivity contribution in [3.63, 3.8) is 0 Å². The van der Waals surface area contributed by atoms with Crippen molar-refractivity contribution >= 4 is 61.5 Å². The van der Waals surface area contributed by atoms with Gasteiger partial charge < -0.3 is 50.9 Å². The zero-order valence-electron chi connectivity index (χ0n) is 22.3. The van der Waals surface area contributed by atoms with E-state index in [0.29, 0.717) is 0 Å². The largest absolute Gasteiger partial charge is 2.00 e. The van der Waals surface area contributed by atoms with E-state index in [1.807, 2.05) is 0 Å². The van der Waals surface area contributed by atoms with Gasteiger partial charge in [-0.3, -0.25) is 9.59 Å². The minimum atomic E-state index is -1.32. The van der Waals surface area contributed by atoms with Crippen molar-refractivity contribution in [2.75, 3.05) is 26.3 Å². The average Bonchev–Trinajstić information content (AvgIpc) is 2.83. The summed E-state index contributed by atoms with van der Waals surface area (Å²) in [6.07, 6.45) is 0.862. The molecule has 13 heteroatoms. The van der Waals surface area contributed by atoms with Gasteiger partial charge in [-0.15, -0.1) is 0 Å². The van der Waals surface area contributed by atoms with Gasteiger partial charge in [-0.1, -0.05) is 53.0 Å². The molecule has 0 heterocycles. The van der Waals surface area contributed by atoms with E-state index in [9.17, 15) is 39.6 Å². The topological polar surface area (TPSA) is 219 Å². The molecule has 210 valence electrons. The maximum atomic E-state index is 11.4. The summed E-state index contributed by atoms with van der Waals surface area (Å²) in [5, 5.41) is 61.9. The third-order valence-corrected chi connectivity index (χ3v) is 4.67. The maximum Gasteiger partial charge on any atom is 2.00 e. The minimum Gasteiger partial charge on any atom is -0.550 e. The number of carboxylic acids is 2. The molecular formula is C24H42CaN2O10. The second-order valence-corrected chi connectivity index (χ2v) is 9.10. The number of aliphatic hydroxyl groups is 4. The first kappa shape index (κ1) is 42.5. The van der Waals surface area contributed by atoms with Crippen molar-refractivity contribution in [3.8, 4) is 0 Å². The number of carboxylic acid groups (broad SMARTS) is 2. The summed E-state index contributed by atoms with van der Waals surface area (Å²) in [5.41, 5.74) is -1.84. The fraction of sp³-hybridized carbons (Fsp3) is 0.667. The van der Waals surface area contributed by atoms with Crippen LogP contribution in [0, 0.1) is 10.8 Å². The Balaban J connectivity index is -0.000000251. The Labute approximate surface area is 248 Å². The summed E-state index contributed by atoms with van der Waals surface area (Å²) >= 11 is 0. The number of hydrogen-bond acceptors (Lipinski definition) is 10. The van der Waals surface area contributed by atoms with Gasteiger partial charge in [0.2, 0.25) is 11.8 Å². The number of aliphatic hydroxyl groups excluding tert-OH is 4. The summed E-state index contributed by atoms with van der Waals surface area (Å²) < 4.78 is 0. The van der Waals surface area contributed by atoms with Gasteiger partial charge in [0.15, 0.2) is 0 Å². The van der Waals surface area contributed by atoms with E-state index in [4.69, 9.17) is 10.2 Å². The second-order valence-electron chi connectivity index (χ2n) is 9.10. The molecule has 0 aliphatic rings. The Kier molecular flexibility index (Phi) is 27.1. The molecule has 0 aromatic heterocycles. The second kappa shape index (κ2) is 23.6. The molecule has 0 aromatic carbocycles. The smallest absolute Gasteiger partial charge is 0.550 e. The first-order chi connectivity index (χ1) is 16.5. The molecule has 0 aliphatic carbocycles. The first-order valence-corrected chi connectivity index (χ1v) is 11.3. The molecule has 0 aromatic rings. The Morgan fingerprint density at radius 3 is 1.22 bits per heavy atom. The summed E-state index contributed by atoms with van der Waals surface area (Å²) in [6.45, 7) is 12.6. The summed E-state index contributed by atoms with van der Waals surface area (Å²) in [7, 11) is 0. The Morgan fingerprint density at radius 2 is 1.03 bits per heavy atom. The quantitative estimate of drug-likeness (QED) is 0.0679. The molecule has 0 fully saturated rings. The summed E-state index contributed by atoms with van der Waals surface area (Å²) in [5.74, 6) is -3.58. The molecule has 0 rings (SSSR count). The van der Waals surface area contributed by atoms with Crippen LogP contribution in [0.3, 0.4) is 0 Å². The molecule has 0 aliphatic heterocycles. The Morgan fingerprint density at radius 1 is 0.757 bits per heavy atom. The number of allylic oxidation sites excluding steroid dienone is 2. The van der Waals surface area contributed by atoms with Crippen molar-refractivity contribution in [2.45, 2.75) is 65.6 Å². The van der Waals surface area contributed by atoms with E-state index in [1.54, 1.807) is 39.8 Å². The predicted octanol–water partition coefficient (Wildman–Crippen LogP) is -3.00. The molecular weight excluding hydrogens is 516 g/mol. The number of carbonyl (C=O) groups is 4. The molecule has 0 unspecified atom stereocenters. The van der Waals surface area contributed by atoms with Gasteiger partial charge in [0, 0.05) is 35.9 Å². The molecule has 2 atom stereocenters. The van der Waals surface area contributed by atoms with Crippen LogP contribution in [0.2, 0.25) is 0 Å². The van der Waals surface area contributed by atoms with Crippen molar-refractivity contribution in [1.82, 2.24) is 10.6 Å². The van der Waals surface area contributed by atoms with Crippen LogP contribution in [-0.4, -0.2) is 120 Å². The van der Waals surface area contributed by atoms with Crippen LogP contribution < -0.4 is 20.8 Å². The Bertz CT molecular complexity index is 641. The van der Waals surface area contributed by atoms with E-state index in [0.717, 1.165) is 0 Å². The number of carbonyl (C=O) groups excluding carboxylic acids is 4. The van der Waals surface area contributed by atoms with Gasteiger partial charge in [0.1, 0.15) is 12.2 Å². The molecule has 0 bridgehead atoms. The van der Waals surface area contributed by atoms with Gasteiger partial charge in [-0.05, 0) is 25.7 Å². The van der Waals surface area contributed by atoms with Crippen LogP contribution in [0.25, 0.3) is 0 Å². The molecule has 6 N–H and O–H groups in total. The summed E-state index contributed by atoms with van der Waals surface area (Å²) in [6, 6.07) is 0. The minimum absolute atomic E-state index is 0. The zero-order chi connectivity index (χ0) is 28.9. The maximum absolute atomic E-state index is 11.4. The molecule has 0 spiro atoms. The first-order valence-electron chi connectivity index (χ1n) is 11.3. The van der Waals surface area contributed by atoms with Crippen LogP contribution >= 0.6 is 0 Å². The van der Waals surface area contributed by atoms with Crippen molar-refractivity contribution in [3.05, 3.63) is 25.3 Å². The Hall–Kier alpha value is -1.54. The van der Waals surface area contributed by atoms with Crippen LogP contribution in [0.1, 0.15) is 53.4 Å². The fourth-order valence-electron chi connectivity index (χ4n) is 1.96. The summed E-state index contributed by atoms with van der Waals surface area (Å²) in [4.78, 5) is 42.9. The van der Waals surface area contributed by atoms with Gasteiger partial charge in [-0.25, -0.2) is 0 Å². The van der Waals surface area contributed by atoms with Crippen LogP contribution in [0.5, 0.6) is 0 Å². The van der Waals surface area contributed by atoms with Crippen LogP contribution in [-0.2, 0) is 19.2 Å². The molecule has 0 saturated carbocycles. The van der Waals surface area contributed by atoms with Crippen molar-refractivity contribution in [1.29, 1.82) is 0 Å². The van der Waals surface area contributed by atoms with E-state index in [2.05, 4.69) is 23.8 Å². The number of rotatable bonds is 15. The van der Waals surface area contributed by atoms with E-state index in [1.165, 1.54) is 0 Å². The van der Waals surface area contributed by atoms with Gasteiger partial charge in [0.05, 0.1) is 13.2 Å². The van der Waals surface area contributed by atoms with E-state index >= 15 is 0 Å². The monoisotopic (exact) mass is 558 g/mol. The van der Waals surface area contributed by atoms with Crippen molar-refractivity contribution in [2.24, 2.45) is 10.8 Å². The number of amides is 2. The molecule has 2 amide bonds. The standard InChI is InChI=1S/2C10H19NO5.C4H6.Ca/c2*1-10(2,6-12)8(15)9(16)11-5-3-4-7(13)14;1-3-4-2;/h2*8,12,15H,3-6H2,1-2H3,(H,11,16)(H,13,14);3-4H,1-2H2;/q;;;+2/p-2/t2*8-;;/m00../s1. The van der Waals surface area contributed by atoms with Crippen LogP contribution in [0.4, 0.5) is 0 Å². The third kappa shape index (κ3) is 23.3. The number of hydrogen-bond donors (Lipinski definition) is 6. The van der Waals surface area contributed by atoms with Crippen molar-refractivity contribution < 1.29 is 49.8 Å². The van der Waals surface area contributed by atoms with E-state index < -0.39 is 46.8 Å². The van der Waals surface area contributed by atoms with Crippen LogP contribution in [0.15, 0.2) is 25.3 Å². The van der Waals surface area contributed by atoms with Gasteiger partial charge >= 0.3 is 37.7 Å². The molecule has 0 saturated heterocycles. The number of nitrogens with one attached hydrogen (secondary N) is 2. The SMILES string of the molecule is C=CC=C.CC(C)(CO)[C@@H](O)C(=O)NCCCC(=O)[O-].CC(C)(CO)[C@@H](O)C(=O)NCCCC(=O)[O-].[Ca+2]. The van der Waals surface area contributed by atoms with Gasteiger partial charge in [0.25, 0.3) is 0 Å². The third-order valence-electron chi connectivity index (χ3n) is 4.67.